The van der Waals surface area contributed by atoms with Crippen molar-refractivity contribution in [3.05, 3.63) is 32.8 Å². The molecule has 0 bridgehead atoms. The number of carboxylic acids is 1. The lowest BCUT2D eigenvalue weighted by atomic mass is 10.2. The van der Waals surface area contributed by atoms with Gasteiger partial charge in [-0.15, -0.1) is 0 Å². The molecule has 0 heterocycles. The number of rotatable bonds is 4. The number of nitrogens with zero attached hydrogens (tertiary/aromatic N) is 1. The van der Waals surface area contributed by atoms with Crippen LogP contribution in [-0.4, -0.2) is 21.9 Å². The number of halogens is 1. The number of anilines is 1. The Balaban J connectivity index is 2.83. The topological polar surface area (TPSA) is 110 Å². The first kappa shape index (κ1) is 13.1. The molecule has 7 nitrogen and oxygen atoms in total. The lowest BCUT2D eigenvalue weighted by Crippen LogP contribution is -2.16. The quantitative estimate of drug-likeness (QED) is 0.500. The lowest BCUT2D eigenvalue weighted by Gasteiger charge is -2.05. The molecule has 0 atom stereocenters. The first-order valence-electron chi connectivity index (χ1n) is 4.35. The lowest BCUT2D eigenvalue weighted by molar-refractivity contribution is -0.384. The predicted molar refractivity (Wildman–Crippen MR) is 61.7 cm³/mol. The Hall–Kier alpha value is -1.96. The Morgan fingerprint density at radius 2 is 2.12 bits per heavy atom. The molecule has 0 saturated heterocycles. The van der Waals surface area contributed by atoms with Gasteiger partial charge in [0.05, 0.1) is 10.6 Å². The Bertz CT molecular complexity index is 488. The average Bonchev–Trinajstić information content (AvgIpc) is 2.19. The molecule has 2 N–H and O–H groups in total. The minimum atomic E-state index is -1.25. The number of aliphatic carboxylic acids is 1. The van der Waals surface area contributed by atoms with Crippen molar-refractivity contribution in [2.45, 2.75) is 6.42 Å². The fourth-order valence-corrected chi connectivity index (χ4v) is 1.52. The highest BCUT2D eigenvalue weighted by Gasteiger charge is 2.12. The predicted octanol–water partition coefficient (Wildman–Crippen LogP) is 1.77. The number of nitro groups is 1. The Morgan fingerprint density at radius 1 is 1.47 bits per heavy atom. The van der Waals surface area contributed by atoms with Gasteiger partial charge in [0.2, 0.25) is 5.91 Å². The maximum absolute atomic E-state index is 11.1. The molecule has 0 radical (unpaired) electrons. The summed E-state index contributed by atoms with van der Waals surface area (Å²) in [7, 11) is 0. The Kier molecular flexibility index (Phi) is 4.16. The number of carbonyl (C=O) groups is 2. The zero-order chi connectivity index (χ0) is 13.0. The van der Waals surface area contributed by atoms with Gasteiger partial charge < -0.3 is 10.4 Å². The van der Waals surface area contributed by atoms with Crippen LogP contribution >= 0.6 is 15.9 Å². The molecule has 0 spiro atoms. The molecule has 1 aromatic carbocycles. The van der Waals surface area contributed by atoms with Crippen molar-refractivity contribution >= 4 is 39.2 Å². The summed E-state index contributed by atoms with van der Waals surface area (Å²) >= 11 is 3.04. The van der Waals surface area contributed by atoms with Gasteiger partial charge in [-0.2, -0.15) is 0 Å². The second-order valence-corrected chi connectivity index (χ2v) is 3.89. The van der Waals surface area contributed by atoms with Crippen LogP contribution in [-0.2, 0) is 9.59 Å². The highest BCUT2D eigenvalue weighted by atomic mass is 79.9. The summed E-state index contributed by atoms with van der Waals surface area (Å²) in [6, 6.07) is 3.75. The molecule has 17 heavy (non-hydrogen) atoms. The number of amides is 1. The first-order chi connectivity index (χ1) is 7.90. The van der Waals surface area contributed by atoms with Crippen molar-refractivity contribution in [1.82, 2.24) is 0 Å². The highest BCUT2D eigenvalue weighted by Crippen LogP contribution is 2.27. The van der Waals surface area contributed by atoms with Crippen LogP contribution in [0, 0.1) is 10.1 Å². The molecule has 0 unspecified atom stereocenters. The number of non-ortho nitro benzene ring substituents is 1. The number of hydrogen-bond donors (Lipinski definition) is 2. The Morgan fingerprint density at radius 3 is 2.59 bits per heavy atom. The van der Waals surface area contributed by atoms with Gasteiger partial charge in [-0.3, -0.25) is 19.7 Å². The van der Waals surface area contributed by atoms with Crippen molar-refractivity contribution < 1.29 is 19.6 Å². The van der Waals surface area contributed by atoms with E-state index in [0.717, 1.165) is 0 Å². The monoisotopic (exact) mass is 302 g/mol. The molecule has 0 saturated carbocycles. The van der Waals surface area contributed by atoms with Gasteiger partial charge in [-0.1, -0.05) is 0 Å². The average molecular weight is 303 g/mol. The summed E-state index contributed by atoms with van der Waals surface area (Å²) in [5.41, 5.74) is 0.148. The van der Waals surface area contributed by atoms with Crippen LogP contribution in [0.4, 0.5) is 11.4 Å². The molecule has 0 aliphatic carbocycles. The standard InChI is InChI=1S/C9H7BrN2O5/c10-6-3-5(12(16)17)1-2-7(6)11-8(13)4-9(14)15/h1-3H,4H2,(H,11,13)(H,14,15). The van der Waals surface area contributed by atoms with Crippen molar-refractivity contribution in [1.29, 1.82) is 0 Å². The van der Waals surface area contributed by atoms with E-state index in [1.165, 1.54) is 18.2 Å². The Labute approximate surface area is 104 Å². The zero-order valence-electron chi connectivity index (χ0n) is 8.34. The van der Waals surface area contributed by atoms with Gasteiger partial charge in [-0.05, 0) is 22.0 Å². The highest BCUT2D eigenvalue weighted by molar-refractivity contribution is 9.10. The van der Waals surface area contributed by atoms with Crippen molar-refractivity contribution in [3.63, 3.8) is 0 Å². The molecule has 90 valence electrons. The van der Waals surface area contributed by atoms with E-state index in [2.05, 4.69) is 21.2 Å². The SMILES string of the molecule is O=C(O)CC(=O)Nc1ccc([N+](=O)[O-])cc1Br. The fourth-order valence-electron chi connectivity index (χ4n) is 1.05. The van der Waals surface area contributed by atoms with Crippen molar-refractivity contribution in [3.8, 4) is 0 Å². The summed E-state index contributed by atoms with van der Waals surface area (Å²) in [6.45, 7) is 0. The number of nitro benzene ring substituents is 1. The van der Waals surface area contributed by atoms with E-state index in [0.29, 0.717) is 4.47 Å². The molecule has 0 fully saturated rings. The van der Waals surface area contributed by atoms with Crippen molar-refractivity contribution in [2.24, 2.45) is 0 Å². The summed E-state index contributed by atoms with van der Waals surface area (Å²) in [6.07, 6.45) is -0.663. The van der Waals surface area contributed by atoms with Crippen LogP contribution in [0.5, 0.6) is 0 Å². The van der Waals surface area contributed by atoms with Gasteiger partial charge in [0, 0.05) is 16.6 Å². The number of carbonyl (C=O) groups excluding carboxylic acids is 1. The smallest absolute Gasteiger partial charge is 0.312 e. The summed E-state index contributed by atoms with van der Waals surface area (Å²) in [5, 5.41) is 21.2. The molecular formula is C9H7BrN2O5. The van der Waals surface area contributed by atoms with E-state index in [4.69, 9.17) is 5.11 Å². The van der Waals surface area contributed by atoms with Gasteiger partial charge >= 0.3 is 5.97 Å². The maximum Gasteiger partial charge on any atom is 0.312 e. The number of nitrogens with one attached hydrogen (secondary N) is 1. The molecule has 1 aromatic rings. The third-order valence-corrected chi connectivity index (χ3v) is 2.41. The van der Waals surface area contributed by atoms with Gasteiger partial charge in [0.1, 0.15) is 6.42 Å². The number of carboxylic acid groups (broad SMARTS) is 1. The van der Waals surface area contributed by atoms with E-state index < -0.39 is 23.2 Å². The fraction of sp³-hybridized carbons (Fsp3) is 0.111. The molecule has 0 aromatic heterocycles. The van der Waals surface area contributed by atoms with Crippen molar-refractivity contribution in [2.75, 3.05) is 5.32 Å². The van der Waals surface area contributed by atoms with Crippen LogP contribution in [0.3, 0.4) is 0 Å². The molecule has 0 aliphatic heterocycles. The normalized spacial score (nSPS) is 9.71. The third kappa shape index (κ3) is 3.83. The maximum atomic E-state index is 11.1. The zero-order valence-corrected chi connectivity index (χ0v) is 9.93. The second-order valence-electron chi connectivity index (χ2n) is 3.04. The van der Waals surface area contributed by atoms with Crippen LogP contribution in [0.15, 0.2) is 22.7 Å². The molecule has 8 heteroatoms. The van der Waals surface area contributed by atoms with Gasteiger partial charge in [0.15, 0.2) is 0 Å². The van der Waals surface area contributed by atoms with E-state index in [9.17, 15) is 19.7 Å². The summed E-state index contributed by atoms with van der Waals surface area (Å²) in [5.74, 6) is -1.95. The number of hydrogen-bond acceptors (Lipinski definition) is 4. The van der Waals surface area contributed by atoms with Crippen LogP contribution in [0.1, 0.15) is 6.42 Å². The summed E-state index contributed by atoms with van der Waals surface area (Å²) < 4.78 is 0.311. The van der Waals surface area contributed by atoms with Gasteiger partial charge in [0.25, 0.3) is 5.69 Å². The second kappa shape index (κ2) is 5.39. The van der Waals surface area contributed by atoms with E-state index >= 15 is 0 Å². The molecule has 1 amide bonds. The first-order valence-corrected chi connectivity index (χ1v) is 5.15. The molecule has 1 rings (SSSR count). The van der Waals surface area contributed by atoms with E-state index in [-0.39, 0.29) is 11.4 Å². The van der Waals surface area contributed by atoms with E-state index in [1.807, 2.05) is 0 Å². The minimum absolute atomic E-state index is 0.131. The third-order valence-electron chi connectivity index (χ3n) is 1.75. The summed E-state index contributed by atoms with van der Waals surface area (Å²) in [4.78, 5) is 31.3. The van der Waals surface area contributed by atoms with Crippen LogP contribution in [0.2, 0.25) is 0 Å². The minimum Gasteiger partial charge on any atom is -0.481 e. The van der Waals surface area contributed by atoms with Crippen LogP contribution < -0.4 is 5.32 Å². The molecular weight excluding hydrogens is 296 g/mol. The number of benzene rings is 1. The molecule has 0 aliphatic rings. The van der Waals surface area contributed by atoms with Crippen LogP contribution in [0.25, 0.3) is 0 Å². The van der Waals surface area contributed by atoms with E-state index in [1.54, 1.807) is 0 Å². The largest absolute Gasteiger partial charge is 0.481 e. The van der Waals surface area contributed by atoms with Gasteiger partial charge in [-0.25, -0.2) is 0 Å².